The van der Waals surface area contributed by atoms with Crippen molar-refractivity contribution in [1.82, 2.24) is 19.9 Å². The fourth-order valence-electron chi connectivity index (χ4n) is 2.19. The Balaban J connectivity index is 1.74. The summed E-state index contributed by atoms with van der Waals surface area (Å²) in [6, 6.07) is 5.70. The van der Waals surface area contributed by atoms with Crippen molar-refractivity contribution in [2.75, 3.05) is 4.72 Å². The standard InChI is InChI=1S/C13H9N5O4S/c19-13-17-9-2-1-8(4-11(9)22-13)23(20,21)18-7-3-10-12(14-5-7)16-6-15-10/h1-6,18H,(H,17,19)(H,14,15,16). The van der Waals surface area contributed by atoms with Crippen LogP contribution in [0.2, 0.25) is 0 Å². The molecule has 3 heterocycles. The fourth-order valence-corrected chi connectivity index (χ4v) is 3.24. The van der Waals surface area contributed by atoms with Gasteiger partial charge in [-0.3, -0.25) is 9.71 Å². The highest BCUT2D eigenvalue weighted by atomic mass is 32.2. The van der Waals surface area contributed by atoms with Gasteiger partial charge in [0, 0.05) is 6.07 Å². The maximum Gasteiger partial charge on any atom is 0.417 e. The number of benzene rings is 1. The van der Waals surface area contributed by atoms with E-state index >= 15 is 0 Å². The van der Waals surface area contributed by atoms with E-state index in [2.05, 4.69) is 24.7 Å². The van der Waals surface area contributed by atoms with Crippen LogP contribution in [0.25, 0.3) is 22.3 Å². The number of oxazole rings is 1. The number of imidazole rings is 1. The monoisotopic (exact) mass is 331 g/mol. The Kier molecular flexibility index (Phi) is 2.75. The van der Waals surface area contributed by atoms with E-state index in [1.54, 1.807) is 6.07 Å². The summed E-state index contributed by atoms with van der Waals surface area (Å²) < 4.78 is 32.2. The molecule has 0 amide bonds. The van der Waals surface area contributed by atoms with Gasteiger partial charge in [0.1, 0.15) is 0 Å². The number of nitrogens with zero attached hydrogens (tertiary/aromatic N) is 2. The van der Waals surface area contributed by atoms with E-state index < -0.39 is 15.8 Å². The Morgan fingerprint density at radius 1 is 1.13 bits per heavy atom. The van der Waals surface area contributed by atoms with Crippen molar-refractivity contribution in [3.05, 3.63) is 47.3 Å². The van der Waals surface area contributed by atoms with Crippen LogP contribution in [-0.4, -0.2) is 28.4 Å². The highest BCUT2D eigenvalue weighted by Crippen LogP contribution is 2.20. The van der Waals surface area contributed by atoms with Crippen LogP contribution in [0, 0.1) is 0 Å². The van der Waals surface area contributed by atoms with E-state index in [0.29, 0.717) is 16.7 Å². The van der Waals surface area contributed by atoms with Gasteiger partial charge < -0.3 is 9.40 Å². The van der Waals surface area contributed by atoms with Gasteiger partial charge in [-0.15, -0.1) is 0 Å². The minimum Gasteiger partial charge on any atom is -0.408 e. The first-order valence-corrected chi connectivity index (χ1v) is 7.94. The average Bonchev–Trinajstić information content (AvgIpc) is 3.10. The lowest BCUT2D eigenvalue weighted by Crippen LogP contribution is -2.13. The molecule has 0 bridgehead atoms. The molecule has 10 heteroatoms. The molecule has 0 saturated heterocycles. The summed E-state index contributed by atoms with van der Waals surface area (Å²) in [7, 11) is -3.85. The maximum atomic E-state index is 12.4. The molecular weight excluding hydrogens is 322 g/mol. The summed E-state index contributed by atoms with van der Waals surface area (Å²) >= 11 is 0. The number of hydrogen-bond donors (Lipinski definition) is 3. The van der Waals surface area contributed by atoms with Crippen molar-refractivity contribution in [3.8, 4) is 0 Å². The number of nitrogens with one attached hydrogen (secondary N) is 3. The van der Waals surface area contributed by atoms with Gasteiger partial charge in [-0.25, -0.2) is 23.2 Å². The SMILES string of the molecule is O=c1[nH]c2ccc(S(=O)(=O)Nc3cnc4nc[nH]c4c3)cc2o1. The quantitative estimate of drug-likeness (QED) is 0.516. The summed E-state index contributed by atoms with van der Waals surface area (Å²) in [4.78, 5) is 24.4. The Morgan fingerprint density at radius 2 is 2.00 bits per heavy atom. The van der Waals surface area contributed by atoms with Gasteiger partial charge in [0.25, 0.3) is 10.0 Å². The third-order valence-electron chi connectivity index (χ3n) is 3.23. The first kappa shape index (κ1) is 13.5. The van der Waals surface area contributed by atoms with Crippen LogP contribution in [0.3, 0.4) is 0 Å². The van der Waals surface area contributed by atoms with Crippen LogP contribution in [-0.2, 0) is 10.0 Å². The molecule has 0 aliphatic heterocycles. The van der Waals surface area contributed by atoms with Gasteiger partial charge in [-0.05, 0) is 18.2 Å². The number of hydrogen-bond acceptors (Lipinski definition) is 6. The number of rotatable bonds is 3. The van der Waals surface area contributed by atoms with Gasteiger partial charge in [0.2, 0.25) is 0 Å². The molecule has 0 radical (unpaired) electrons. The van der Waals surface area contributed by atoms with Gasteiger partial charge in [-0.2, -0.15) is 0 Å². The topological polar surface area (TPSA) is 134 Å². The molecular formula is C13H9N5O4S. The van der Waals surface area contributed by atoms with E-state index in [1.807, 2.05) is 0 Å². The van der Waals surface area contributed by atoms with Crippen molar-refractivity contribution in [2.45, 2.75) is 4.90 Å². The van der Waals surface area contributed by atoms with E-state index in [0.717, 1.165) is 0 Å². The molecule has 0 aliphatic carbocycles. The van der Waals surface area contributed by atoms with E-state index in [9.17, 15) is 13.2 Å². The lowest BCUT2D eigenvalue weighted by Gasteiger charge is -2.07. The lowest BCUT2D eigenvalue weighted by atomic mass is 10.3. The first-order chi connectivity index (χ1) is 11.0. The molecule has 0 aliphatic rings. The van der Waals surface area contributed by atoms with Crippen LogP contribution in [0.5, 0.6) is 0 Å². The molecule has 4 rings (SSSR count). The average molecular weight is 331 g/mol. The molecule has 3 N–H and O–H groups in total. The fraction of sp³-hybridized carbons (Fsp3) is 0. The number of aromatic nitrogens is 4. The third kappa shape index (κ3) is 2.34. The largest absolute Gasteiger partial charge is 0.417 e. The van der Waals surface area contributed by atoms with E-state index in [-0.39, 0.29) is 16.2 Å². The number of pyridine rings is 1. The Labute approximate surface area is 128 Å². The van der Waals surface area contributed by atoms with Gasteiger partial charge in [0.15, 0.2) is 11.2 Å². The Morgan fingerprint density at radius 3 is 2.87 bits per heavy atom. The highest BCUT2D eigenvalue weighted by molar-refractivity contribution is 7.92. The number of aromatic amines is 2. The molecule has 1 aromatic carbocycles. The van der Waals surface area contributed by atoms with Crippen molar-refractivity contribution in [3.63, 3.8) is 0 Å². The second kappa shape index (κ2) is 4.68. The molecule has 9 nitrogen and oxygen atoms in total. The third-order valence-corrected chi connectivity index (χ3v) is 4.61. The van der Waals surface area contributed by atoms with Crippen molar-refractivity contribution in [2.24, 2.45) is 0 Å². The number of H-pyrrole nitrogens is 2. The second-order valence-corrected chi connectivity index (χ2v) is 6.46. The molecule has 0 spiro atoms. The summed E-state index contributed by atoms with van der Waals surface area (Å²) in [5, 5.41) is 0. The molecule has 3 aromatic heterocycles. The van der Waals surface area contributed by atoms with Gasteiger partial charge in [-0.1, -0.05) is 0 Å². The number of sulfonamides is 1. The van der Waals surface area contributed by atoms with Crippen molar-refractivity contribution in [1.29, 1.82) is 0 Å². The van der Waals surface area contributed by atoms with Crippen LogP contribution in [0.4, 0.5) is 5.69 Å². The predicted molar refractivity (Wildman–Crippen MR) is 81.5 cm³/mol. The van der Waals surface area contributed by atoms with Crippen molar-refractivity contribution < 1.29 is 12.8 Å². The van der Waals surface area contributed by atoms with Crippen LogP contribution >= 0.6 is 0 Å². The van der Waals surface area contributed by atoms with Gasteiger partial charge >= 0.3 is 5.76 Å². The Hall–Kier alpha value is -3.14. The predicted octanol–water partition coefficient (Wildman–Crippen LogP) is 1.19. The molecule has 4 aromatic rings. The first-order valence-electron chi connectivity index (χ1n) is 6.46. The van der Waals surface area contributed by atoms with Crippen LogP contribution < -0.4 is 10.5 Å². The van der Waals surface area contributed by atoms with Crippen molar-refractivity contribution >= 4 is 38.0 Å². The van der Waals surface area contributed by atoms with E-state index in [4.69, 9.17) is 4.42 Å². The van der Waals surface area contributed by atoms with E-state index in [1.165, 1.54) is 30.7 Å². The molecule has 116 valence electrons. The summed E-state index contributed by atoms with van der Waals surface area (Å²) in [6.45, 7) is 0. The summed E-state index contributed by atoms with van der Waals surface area (Å²) in [5.41, 5.74) is 1.98. The number of fused-ring (bicyclic) bond motifs is 2. The molecule has 0 atom stereocenters. The van der Waals surface area contributed by atoms with Gasteiger partial charge in [0.05, 0.1) is 34.1 Å². The highest BCUT2D eigenvalue weighted by Gasteiger charge is 2.16. The summed E-state index contributed by atoms with van der Waals surface area (Å²) in [5.74, 6) is -0.642. The smallest absolute Gasteiger partial charge is 0.408 e. The zero-order chi connectivity index (χ0) is 16.0. The molecule has 23 heavy (non-hydrogen) atoms. The molecule has 0 fully saturated rings. The summed E-state index contributed by atoms with van der Waals surface area (Å²) in [6.07, 6.45) is 2.84. The molecule has 0 saturated carbocycles. The zero-order valence-corrected chi connectivity index (χ0v) is 12.2. The normalized spacial score (nSPS) is 12.0. The lowest BCUT2D eigenvalue weighted by molar-refractivity contribution is 0.554. The maximum absolute atomic E-state index is 12.4. The minimum atomic E-state index is -3.85. The van der Waals surface area contributed by atoms with Crippen LogP contribution in [0.15, 0.2) is 50.9 Å². The zero-order valence-electron chi connectivity index (χ0n) is 11.4. The Bertz CT molecular complexity index is 1190. The number of anilines is 1. The van der Waals surface area contributed by atoms with Crippen LogP contribution in [0.1, 0.15) is 0 Å². The second-order valence-electron chi connectivity index (χ2n) is 4.78. The molecule has 0 unspecified atom stereocenters. The minimum absolute atomic E-state index is 0.0301.